The van der Waals surface area contributed by atoms with Crippen LogP contribution in [-0.2, 0) is 0 Å². The third-order valence-corrected chi connectivity index (χ3v) is 3.96. The Balaban J connectivity index is 0.00000128. The number of rotatable bonds is 2. The molecule has 5 heteroatoms. The molecule has 1 N–H and O–H groups in total. The van der Waals surface area contributed by atoms with Crippen LogP contribution in [0.3, 0.4) is 0 Å². The van der Waals surface area contributed by atoms with Crippen LogP contribution in [0.2, 0.25) is 0 Å². The van der Waals surface area contributed by atoms with Crippen molar-refractivity contribution < 1.29 is 4.79 Å². The predicted molar refractivity (Wildman–Crippen MR) is 69.7 cm³/mol. The van der Waals surface area contributed by atoms with E-state index in [0.717, 1.165) is 30.0 Å². The minimum Gasteiger partial charge on any atom is -0.337 e. The maximum absolute atomic E-state index is 12.1. The van der Waals surface area contributed by atoms with Gasteiger partial charge in [0.15, 0.2) is 0 Å². The van der Waals surface area contributed by atoms with Crippen molar-refractivity contribution in [1.29, 1.82) is 0 Å². The Morgan fingerprint density at radius 3 is 2.88 bits per heavy atom. The third-order valence-electron chi connectivity index (χ3n) is 2.96. The second-order valence-electron chi connectivity index (χ2n) is 4.00. The molecule has 1 aromatic heterocycles. The van der Waals surface area contributed by atoms with Crippen LogP contribution in [0.5, 0.6) is 0 Å². The molecule has 1 atom stereocenters. The molecule has 0 aliphatic carbocycles. The molecule has 1 aromatic rings. The van der Waals surface area contributed by atoms with Crippen LogP contribution in [0.4, 0.5) is 0 Å². The summed E-state index contributed by atoms with van der Waals surface area (Å²) in [7, 11) is 1.90. The molecule has 1 aliphatic heterocycles. The van der Waals surface area contributed by atoms with E-state index in [0.29, 0.717) is 6.04 Å². The summed E-state index contributed by atoms with van der Waals surface area (Å²) in [5.74, 6) is 0.163. The van der Waals surface area contributed by atoms with Gasteiger partial charge in [-0.15, -0.1) is 23.7 Å². The van der Waals surface area contributed by atoms with Gasteiger partial charge >= 0.3 is 0 Å². The average molecular weight is 261 g/mol. The Morgan fingerprint density at radius 1 is 1.62 bits per heavy atom. The van der Waals surface area contributed by atoms with Gasteiger partial charge < -0.3 is 10.2 Å². The molecule has 90 valence electrons. The van der Waals surface area contributed by atoms with E-state index in [4.69, 9.17) is 0 Å². The SMILES string of the molecule is Cc1ccsc1C(=O)N(C)[C@@H]1CCNC1.Cl. The van der Waals surface area contributed by atoms with Crippen molar-refractivity contribution in [3.63, 3.8) is 0 Å². The summed E-state index contributed by atoms with van der Waals surface area (Å²) in [4.78, 5) is 14.9. The van der Waals surface area contributed by atoms with Gasteiger partial charge in [-0.3, -0.25) is 4.79 Å². The molecule has 0 unspecified atom stereocenters. The van der Waals surface area contributed by atoms with E-state index in [1.807, 2.05) is 30.3 Å². The molecule has 1 amide bonds. The van der Waals surface area contributed by atoms with Gasteiger partial charge in [0.2, 0.25) is 0 Å². The largest absolute Gasteiger partial charge is 0.337 e. The summed E-state index contributed by atoms with van der Waals surface area (Å²) in [6.45, 7) is 3.93. The molecular formula is C11H17ClN2OS. The summed E-state index contributed by atoms with van der Waals surface area (Å²) in [5.41, 5.74) is 1.09. The summed E-state index contributed by atoms with van der Waals surface area (Å²) < 4.78 is 0. The maximum atomic E-state index is 12.1. The van der Waals surface area contributed by atoms with E-state index in [-0.39, 0.29) is 18.3 Å². The lowest BCUT2D eigenvalue weighted by Gasteiger charge is -2.23. The van der Waals surface area contributed by atoms with Crippen molar-refractivity contribution >= 4 is 29.7 Å². The van der Waals surface area contributed by atoms with Crippen molar-refractivity contribution in [2.75, 3.05) is 20.1 Å². The number of nitrogens with zero attached hydrogens (tertiary/aromatic N) is 1. The molecule has 0 bridgehead atoms. The molecule has 2 heterocycles. The van der Waals surface area contributed by atoms with E-state index in [2.05, 4.69) is 5.32 Å². The number of nitrogens with one attached hydrogen (secondary N) is 1. The number of carbonyl (C=O) groups excluding carboxylic acids is 1. The van der Waals surface area contributed by atoms with Gasteiger partial charge in [-0.1, -0.05) is 0 Å². The van der Waals surface area contributed by atoms with E-state index < -0.39 is 0 Å². The van der Waals surface area contributed by atoms with Crippen LogP contribution in [0, 0.1) is 6.92 Å². The minimum atomic E-state index is 0. The molecule has 0 saturated carbocycles. The van der Waals surface area contributed by atoms with Crippen LogP contribution in [0.25, 0.3) is 0 Å². The highest BCUT2D eigenvalue weighted by molar-refractivity contribution is 7.12. The number of likely N-dealkylation sites (N-methyl/N-ethyl adjacent to an activating group) is 1. The smallest absolute Gasteiger partial charge is 0.264 e. The Labute approximate surface area is 106 Å². The fraction of sp³-hybridized carbons (Fsp3) is 0.545. The Hall–Kier alpha value is -0.580. The van der Waals surface area contributed by atoms with Gasteiger partial charge in [-0.05, 0) is 36.9 Å². The first-order chi connectivity index (χ1) is 7.20. The molecule has 16 heavy (non-hydrogen) atoms. The highest BCUT2D eigenvalue weighted by Gasteiger charge is 2.25. The fourth-order valence-corrected chi connectivity index (χ4v) is 2.79. The number of amides is 1. The molecule has 1 fully saturated rings. The second kappa shape index (κ2) is 5.66. The van der Waals surface area contributed by atoms with Crippen LogP contribution in [0.1, 0.15) is 21.7 Å². The zero-order chi connectivity index (χ0) is 10.8. The summed E-state index contributed by atoms with van der Waals surface area (Å²) in [6.07, 6.45) is 1.06. The first kappa shape index (κ1) is 13.5. The lowest BCUT2D eigenvalue weighted by atomic mass is 10.2. The molecular weight excluding hydrogens is 244 g/mol. The quantitative estimate of drug-likeness (QED) is 0.881. The monoisotopic (exact) mass is 260 g/mol. The number of carbonyl (C=O) groups is 1. The topological polar surface area (TPSA) is 32.3 Å². The molecule has 0 radical (unpaired) electrons. The van der Waals surface area contributed by atoms with Crippen LogP contribution in [0.15, 0.2) is 11.4 Å². The van der Waals surface area contributed by atoms with E-state index in [9.17, 15) is 4.79 Å². The van der Waals surface area contributed by atoms with E-state index in [1.54, 1.807) is 0 Å². The average Bonchev–Trinajstić information content (AvgIpc) is 2.85. The van der Waals surface area contributed by atoms with Gasteiger partial charge in [0.1, 0.15) is 0 Å². The molecule has 1 aliphatic rings. The van der Waals surface area contributed by atoms with Crippen molar-refractivity contribution in [3.05, 3.63) is 21.9 Å². The molecule has 0 spiro atoms. The van der Waals surface area contributed by atoms with Crippen molar-refractivity contribution in [1.82, 2.24) is 10.2 Å². The van der Waals surface area contributed by atoms with Gasteiger partial charge in [0, 0.05) is 19.6 Å². The number of hydrogen-bond donors (Lipinski definition) is 1. The van der Waals surface area contributed by atoms with E-state index >= 15 is 0 Å². The Morgan fingerprint density at radius 2 is 2.38 bits per heavy atom. The zero-order valence-electron chi connectivity index (χ0n) is 9.53. The van der Waals surface area contributed by atoms with Gasteiger partial charge in [-0.25, -0.2) is 0 Å². The highest BCUT2D eigenvalue weighted by atomic mass is 35.5. The molecule has 3 nitrogen and oxygen atoms in total. The summed E-state index contributed by atoms with van der Waals surface area (Å²) in [5, 5.41) is 5.25. The van der Waals surface area contributed by atoms with Gasteiger partial charge in [0.05, 0.1) is 4.88 Å². The standard InChI is InChI=1S/C11H16N2OS.ClH/c1-8-4-6-15-10(8)11(14)13(2)9-3-5-12-7-9;/h4,6,9,12H,3,5,7H2,1-2H3;1H/t9-;/m1./s1. The first-order valence-corrected chi connectivity index (χ1v) is 6.10. The number of thiophene rings is 1. The molecule has 1 saturated heterocycles. The Kier molecular flexibility index (Phi) is 4.77. The number of halogens is 1. The highest BCUT2D eigenvalue weighted by Crippen LogP contribution is 2.19. The minimum absolute atomic E-state index is 0. The normalized spacial score (nSPS) is 19.2. The lowest BCUT2D eigenvalue weighted by Crippen LogP contribution is -2.38. The lowest BCUT2D eigenvalue weighted by molar-refractivity contribution is 0.0748. The first-order valence-electron chi connectivity index (χ1n) is 5.22. The predicted octanol–water partition coefficient (Wildman–Crippen LogP) is 1.91. The fourth-order valence-electron chi connectivity index (χ4n) is 1.89. The van der Waals surface area contributed by atoms with Gasteiger partial charge in [-0.2, -0.15) is 0 Å². The van der Waals surface area contributed by atoms with Crippen LogP contribution >= 0.6 is 23.7 Å². The summed E-state index contributed by atoms with van der Waals surface area (Å²) in [6, 6.07) is 2.36. The number of aryl methyl sites for hydroxylation is 1. The Bertz CT molecular complexity index is 361. The summed E-state index contributed by atoms with van der Waals surface area (Å²) >= 11 is 1.53. The van der Waals surface area contributed by atoms with Crippen molar-refractivity contribution in [3.8, 4) is 0 Å². The second-order valence-corrected chi connectivity index (χ2v) is 4.91. The van der Waals surface area contributed by atoms with Crippen LogP contribution in [-0.4, -0.2) is 37.0 Å². The zero-order valence-corrected chi connectivity index (χ0v) is 11.2. The molecule has 2 rings (SSSR count). The number of hydrogen-bond acceptors (Lipinski definition) is 3. The van der Waals surface area contributed by atoms with Crippen molar-refractivity contribution in [2.45, 2.75) is 19.4 Å². The van der Waals surface area contributed by atoms with E-state index in [1.165, 1.54) is 11.3 Å². The van der Waals surface area contributed by atoms with Gasteiger partial charge in [0.25, 0.3) is 5.91 Å². The van der Waals surface area contributed by atoms with Crippen LogP contribution < -0.4 is 5.32 Å². The van der Waals surface area contributed by atoms with Crippen molar-refractivity contribution in [2.24, 2.45) is 0 Å². The molecule has 0 aromatic carbocycles. The maximum Gasteiger partial charge on any atom is 0.264 e. The third kappa shape index (κ3) is 2.56.